The number of pyridine rings is 1. The van der Waals surface area contributed by atoms with Crippen LogP contribution in [0.5, 0.6) is 0 Å². The first-order valence-electron chi connectivity index (χ1n) is 6.15. The first-order valence-corrected chi connectivity index (χ1v) is 7.76. The molecule has 0 saturated carbocycles. The fourth-order valence-corrected chi connectivity index (χ4v) is 3.61. The highest BCUT2D eigenvalue weighted by Gasteiger charge is 2.27. The second-order valence-electron chi connectivity index (χ2n) is 4.63. The van der Waals surface area contributed by atoms with Crippen LogP contribution in [0, 0.1) is 0 Å². The van der Waals surface area contributed by atoms with Crippen LogP contribution in [0.3, 0.4) is 0 Å². The Hall–Kier alpha value is -0.980. The summed E-state index contributed by atoms with van der Waals surface area (Å²) in [6, 6.07) is 3.56. The van der Waals surface area contributed by atoms with Crippen LogP contribution in [-0.4, -0.2) is 43.9 Å². The summed E-state index contributed by atoms with van der Waals surface area (Å²) in [6.45, 7) is 1.72. The zero-order valence-electron chi connectivity index (χ0n) is 10.5. The van der Waals surface area contributed by atoms with Gasteiger partial charge in [0.1, 0.15) is 0 Å². The van der Waals surface area contributed by atoms with Crippen LogP contribution in [-0.2, 0) is 15.8 Å². The van der Waals surface area contributed by atoms with E-state index in [9.17, 15) is 8.42 Å². The number of nitrogens with one attached hydrogen (secondary N) is 1. The van der Waals surface area contributed by atoms with Crippen molar-refractivity contribution in [2.24, 2.45) is 0 Å². The molecule has 1 unspecified atom stereocenters. The van der Waals surface area contributed by atoms with E-state index in [1.165, 1.54) is 4.31 Å². The predicted octanol–water partition coefficient (Wildman–Crippen LogP) is 0.595. The molecule has 0 spiro atoms. The number of aromatic nitrogens is 1. The molecule has 18 heavy (non-hydrogen) atoms. The van der Waals surface area contributed by atoms with Crippen LogP contribution in [0.2, 0.25) is 0 Å². The summed E-state index contributed by atoms with van der Waals surface area (Å²) in [5.74, 6) is 0.0442. The Kier molecular flexibility index (Phi) is 4.31. The molecule has 1 N–H and O–H groups in total. The standard InChI is InChI=1S/C12H19N3O2S/c1-15(12-3-2-6-14-9-12)18(16,17)10-11-4-7-13-8-5-11/h4-5,7-8,12,14H,2-3,6,9-10H2,1H3. The molecule has 0 aliphatic carbocycles. The van der Waals surface area contributed by atoms with Gasteiger partial charge in [0.25, 0.3) is 0 Å². The van der Waals surface area contributed by atoms with E-state index in [1.807, 2.05) is 0 Å². The molecule has 0 radical (unpaired) electrons. The molecule has 1 fully saturated rings. The second-order valence-corrected chi connectivity index (χ2v) is 6.66. The van der Waals surface area contributed by atoms with E-state index < -0.39 is 10.0 Å². The van der Waals surface area contributed by atoms with Crippen molar-refractivity contribution in [1.29, 1.82) is 0 Å². The van der Waals surface area contributed by atoms with Crippen LogP contribution in [0.15, 0.2) is 24.5 Å². The minimum Gasteiger partial charge on any atom is -0.315 e. The van der Waals surface area contributed by atoms with Gasteiger partial charge in [0.05, 0.1) is 5.75 Å². The number of rotatable bonds is 4. The molecule has 100 valence electrons. The van der Waals surface area contributed by atoms with E-state index in [2.05, 4.69) is 10.3 Å². The molecule has 1 aliphatic heterocycles. The molecule has 6 heteroatoms. The summed E-state index contributed by atoms with van der Waals surface area (Å²) in [7, 11) is -1.57. The van der Waals surface area contributed by atoms with Crippen molar-refractivity contribution < 1.29 is 8.42 Å². The van der Waals surface area contributed by atoms with E-state index in [-0.39, 0.29) is 11.8 Å². The number of hydrogen-bond donors (Lipinski definition) is 1. The molecule has 0 amide bonds. The highest BCUT2D eigenvalue weighted by molar-refractivity contribution is 7.88. The lowest BCUT2D eigenvalue weighted by atomic mass is 10.1. The molecule has 0 aromatic carbocycles. The summed E-state index contributed by atoms with van der Waals surface area (Å²) in [5.41, 5.74) is 0.778. The summed E-state index contributed by atoms with van der Waals surface area (Å²) in [5, 5.41) is 3.24. The van der Waals surface area contributed by atoms with Crippen LogP contribution >= 0.6 is 0 Å². The maximum absolute atomic E-state index is 12.3. The van der Waals surface area contributed by atoms with Gasteiger partial charge in [0, 0.05) is 32.0 Å². The van der Waals surface area contributed by atoms with Gasteiger partial charge < -0.3 is 5.32 Å². The zero-order valence-corrected chi connectivity index (χ0v) is 11.4. The lowest BCUT2D eigenvalue weighted by Crippen LogP contribution is -2.46. The van der Waals surface area contributed by atoms with E-state index in [0.29, 0.717) is 0 Å². The number of likely N-dealkylation sites (N-methyl/N-ethyl adjacent to an activating group) is 1. The summed E-state index contributed by atoms with van der Waals surface area (Å²) >= 11 is 0. The zero-order chi connectivity index (χ0) is 13.0. The molecule has 1 aromatic heterocycles. The molecule has 1 atom stereocenters. The quantitative estimate of drug-likeness (QED) is 0.869. The number of sulfonamides is 1. The second kappa shape index (κ2) is 5.77. The van der Waals surface area contributed by atoms with Crippen molar-refractivity contribution in [3.05, 3.63) is 30.1 Å². The molecule has 1 aromatic rings. The van der Waals surface area contributed by atoms with Gasteiger partial charge in [0.2, 0.25) is 10.0 Å². The number of hydrogen-bond acceptors (Lipinski definition) is 4. The van der Waals surface area contributed by atoms with Gasteiger partial charge in [-0.25, -0.2) is 12.7 Å². The Morgan fingerprint density at radius 2 is 2.17 bits per heavy atom. The van der Waals surface area contributed by atoms with Crippen molar-refractivity contribution >= 4 is 10.0 Å². The maximum atomic E-state index is 12.3. The average Bonchev–Trinajstić information content (AvgIpc) is 2.39. The third kappa shape index (κ3) is 3.28. The molecule has 1 saturated heterocycles. The van der Waals surface area contributed by atoms with Gasteiger partial charge >= 0.3 is 0 Å². The van der Waals surface area contributed by atoms with E-state index in [4.69, 9.17) is 0 Å². The van der Waals surface area contributed by atoms with Gasteiger partial charge in [-0.15, -0.1) is 0 Å². The monoisotopic (exact) mass is 269 g/mol. The van der Waals surface area contributed by atoms with Gasteiger partial charge in [0.15, 0.2) is 0 Å². The first-order chi connectivity index (χ1) is 8.59. The highest BCUT2D eigenvalue weighted by atomic mass is 32.2. The van der Waals surface area contributed by atoms with E-state index >= 15 is 0 Å². The van der Waals surface area contributed by atoms with Gasteiger partial charge in [-0.3, -0.25) is 4.98 Å². The fraction of sp³-hybridized carbons (Fsp3) is 0.583. The van der Waals surface area contributed by atoms with Crippen molar-refractivity contribution in [2.75, 3.05) is 20.1 Å². The third-order valence-corrected chi connectivity index (χ3v) is 5.20. The maximum Gasteiger partial charge on any atom is 0.218 e. The lowest BCUT2D eigenvalue weighted by molar-refractivity contribution is 0.300. The highest BCUT2D eigenvalue weighted by Crippen LogP contribution is 2.16. The van der Waals surface area contributed by atoms with Gasteiger partial charge in [-0.1, -0.05) is 0 Å². The van der Waals surface area contributed by atoms with Crippen molar-refractivity contribution in [2.45, 2.75) is 24.6 Å². The van der Waals surface area contributed by atoms with E-state index in [0.717, 1.165) is 31.5 Å². The summed E-state index contributed by atoms with van der Waals surface area (Å²) in [4.78, 5) is 3.89. The Bertz CT molecular complexity index is 469. The van der Waals surface area contributed by atoms with Crippen LogP contribution in [0.4, 0.5) is 0 Å². The minimum atomic E-state index is -3.25. The molecule has 5 nitrogen and oxygen atoms in total. The minimum absolute atomic E-state index is 0.0442. The smallest absolute Gasteiger partial charge is 0.218 e. The molecule has 2 heterocycles. The van der Waals surface area contributed by atoms with Crippen molar-refractivity contribution in [3.63, 3.8) is 0 Å². The van der Waals surface area contributed by atoms with Crippen LogP contribution in [0.25, 0.3) is 0 Å². The van der Waals surface area contributed by atoms with Crippen LogP contribution in [0.1, 0.15) is 18.4 Å². The Morgan fingerprint density at radius 3 is 2.78 bits per heavy atom. The van der Waals surface area contributed by atoms with Gasteiger partial charge in [-0.05, 0) is 37.1 Å². The van der Waals surface area contributed by atoms with Crippen molar-refractivity contribution in [3.8, 4) is 0 Å². The predicted molar refractivity (Wildman–Crippen MR) is 70.5 cm³/mol. The summed E-state index contributed by atoms with van der Waals surface area (Å²) < 4.78 is 26.1. The molecule has 2 rings (SSSR count). The largest absolute Gasteiger partial charge is 0.315 e. The molecular formula is C12H19N3O2S. The Morgan fingerprint density at radius 1 is 1.44 bits per heavy atom. The SMILES string of the molecule is CN(C1CCCNC1)S(=O)(=O)Cc1ccncc1. The Labute approximate surface area is 108 Å². The summed E-state index contributed by atoms with van der Waals surface area (Å²) in [6.07, 6.45) is 5.19. The van der Waals surface area contributed by atoms with Gasteiger partial charge in [-0.2, -0.15) is 0 Å². The lowest BCUT2D eigenvalue weighted by Gasteiger charge is -2.30. The molecular weight excluding hydrogens is 250 g/mol. The van der Waals surface area contributed by atoms with Crippen molar-refractivity contribution in [1.82, 2.24) is 14.6 Å². The normalized spacial score (nSPS) is 21.1. The third-order valence-electron chi connectivity index (χ3n) is 3.32. The first kappa shape index (κ1) is 13.5. The topological polar surface area (TPSA) is 62.3 Å². The fourth-order valence-electron chi connectivity index (χ4n) is 2.16. The molecule has 1 aliphatic rings. The Balaban J connectivity index is 2.05. The van der Waals surface area contributed by atoms with E-state index in [1.54, 1.807) is 31.6 Å². The average molecular weight is 269 g/mol. The number of nitrogens with zero attached hydrogens (tertiary/aromatic N) is 2. The molecule has 0 bridgehead atoms. The van der Waals surface area contributed by atoms with Crippen LogP contribution < -0.4 is 5.32 Å². The number of piperidine rings is 1.